The van der Waals surface area contributed by atoms with Crippen LogP contribution in [0, 0.1) is 6.92 Å². The largest absolute Gasteiger partial charge is 0.492 e. The normalized spacial score (nSPS) is 11.7. The molecule has 2 heterocycles. The third-order valence-corrected chi connectivity index (χ3v) is 3.02. The molecular weight excluding hydrogens is 282 g/mol. The zero-order chi connectivity index (χ0) is 16.3. The van der Waals surface area contributed by atoms with Crippen LogP contribution in [0.25, 0.3) is 11.0 Å². The molecular formula is C16H23N3O3. The van der Waals surface area contributed by atoms with Crippen molar-refractivity contribution in [3.05, 3.63) is 18.0 Å². The summed E-state index contributed by atoms with van der Waals surface area (Å²) in [5, 5.41) is 5.03. The molecule has 0 saturated heterocycles. The summed E-state index contributed by atoms with van der Waals surface area (Å²) in [6.07, 6.45) is 3.15. The number of aryl methyl sites for hydroxylation is 1. The second-order valence-electron chi connectivity index (χ2n) is 6.22. The van der Waals surface area contributed by atoms with Crippen molar-refractivity contribution in [1.82, 2.24) is 14.8 Å². The third-order valence-electron chi connectivity index (χ3n) is 3.02. The summed E-state index contributed by atoms with van der Waals surface area (Å²) in [6, 6.07) is 1.86. The van der Waals surface area contributed by atoms with Crippen molar-refractivity contribution in [1.29, 1.82) is 0 Å². The maximum absolute atomic E-state index is 12.2. The van der Waals surface area contributed by atoms with Gasteiger partial charge in [-0.3, -0.25) is 0 Å². The first-order valence-electron chi connectivity index (χ1n) is 7.53. The van der Waals surface area contributed by atoms with Gasteiger partial charge in [-0.05, 0) is 40.2 Å². The van der Waals surface area contributed by atoms with Gasteiger partial charge >= 0.3 is 6.09 Å². The van der Waals surface area contributed by atoms with Crippen LogP contribution in [0.5, 0.6) is 5.75 Å². The Balaban J connectivity index is 2.29. The van der Waals surface area contributed by atoms with Crippen molar-refractivity contribution in [2.45, 2.75) is 53.1 Å². The highest BCUT2D eigenvalue weighted by atomic mass is 16.6. The van der Waals surface area contributed by atoms with E-state index in [1.807, 2.05) is 33.8 Å². The first-order valence-corrected chi connectivity index (χ1v) is 7.53. The number of aromatic nitrogens is 3. The molecule has 120 valence electrons. The van der Waals surface area contributed by atoms with Crippen LogP contribution in [0.3, 0.4) is 0 Å². The Kier molecular flexibility index (Phi) is 4.68. The molecule has 0 aliphatic carbocycles. The van der Waals surface area contributed by atoms with Gasteiger partial charge in [0.2, 0.25) is 0 Å². The molecule has 2 rings (SSSR count). The van der Waals surface area contributed by atoms with Gasteiger partial charge in [0, 0.05) is 5.39 Å². The van der Waals surface area contributed by atoms with Crippen molar-refractivity contribution < 1.29 is 14.3 Å². The van der Waals surface area contributed by atoms with Crippen molar-refractivity contribution in [3.8, 4) is 5.75 Å². The summed E-state index contributed by atoms with van der Waals surface area (Å²) in [5.74, 6) is 0.688. The Morgan fingerprint density at radius 1 is 1.36 bits per heavy atom. The highest BCUT2D eigenvalue weighted by Gasteiger charge is 2.22. The van der Waals surface area contributed by atoms with Crippen LogP contribution < -0.4 is 4.74 Å². The fourth-order valence-corrected chi connectivity index (χ4v) is 1.97. The summed E-state index contributed by atoms with van der Waals surface area (Å²) < 4.78 is 12.2. The molecule has 0 atom stereocenters. The van der Waals surface area contributed by atoms with Crippen molar-refractivity contribution in [2.24, 2.45) is 0 Å². The van der Waals surface area contributed by atoms with Gasteiger partial charge in [-0.1, -0.05) is 13.3 Å². The minimum absolute atomic E-state index is 0.481. The zero-order valence-electron chi connectivity index (χ0n) is 13.8. The second kappa shape index (κ2) is 6.34. The van der Waals surface area contributed by atoms with E-state index in [1.54, 1.807) is 6.20 Å². The summed E-state index contributed by atoms with van der Waals surface area (Å²) >= 11 is 0. The van der Waals surface area contributed by atoms with E-state index in [4.69, 9.17) is 9.47 Å². The lowest BCUT2D eigenvalue weighted by Crippen LogP contribution is -2.27. The molecule has 0 saturated carbocycles. The predicted molar refractivity (Wildman–Crippen MR) is 84.3 cm³/mol. The van der Waals surface area contributed by atoms with Crippen LogP contribution >= 0.6 is 0 Å². The fourth-order valence-electron chi connectivity index (χ4n) is 1.97. The van der Waals surface area contributed by atoms with Crippen molar-refractivity contribution in [3.63, 3.8) is 0 Å². The zero-order valence-corrected chi connectivity index (χ0v) is 13.8. The first kappa shape index (κ1) is 16.3. The Morgan fingerprint density at radius 3 is 2.73 bits per heavy atom. The van der Waals surface area contributed by atoms with E-state index < -0.39 is 11.7 Å². The maximum atomic E-state index is 12.2. The number of carbonyl (C=O) groups is 1. The quantitative estimate of drug-likeness (QED) is 0.806. The van der Waals surface area contributed by atoms with Crippen molar-refractivity contribution >= 4 is 17.1 Å². The monoisotopic (exact) mass is 305 g/mol. The molecule has 0 unspecified atom stereocenters. The van der Waals surface area contributed by atoms with Crippen LogP contribution in [0.1, 0.15) is 46.2 Å². The van der Waals surface area contributed by atoms with Crippen molar-refractivity contribution in [2.75, 3.05) is 6.61 Å². The molecule has 6 nitrogen and oxygen atoms in total. The number of nitrogens with zero attached hydrogens (tertiary/aromatic N) is 3. The topological polar surface area (TPSA) is 66.2 Å². The molecule has 0 N–H and O–H groups in total. The molecule has 0 bridgehead atoms. The minimum Gasteiger partial charge on any atom is -0.492 e. The van der Waals surface area contributed by atoms with E-state index in [9.17, 15) is 4.79 Å². The average molecular weight is 305 g/mol. The molecule has 0 aliphatic heterocycles. The SMILES string of the molecule is CCCCOc1cnc2c(c1)c(C)nn2C(=O)OC(C)(C)C. The van der Waals surface area contributed by atoms with Gasteiger partial charge in [-0.2, -0.15) is 5.10 Å². The van der Waals surface area contributed by atoms with E-state index in [-0.39, 0.29) is 0 Å². The minimum atomic E-state index is -0.577. The number of unbranched alkanes of at least 4 members (excludes halogenated alkanes) is 1. The molecule has 0 amide bonds. The molecule has 0 radical (unpaired) electrons. The van der Waals surface area contributed by atoms with Crippen LogP contribution in [-0.2, 0) is 4.74 Å². The maximum Gasteiger partial charge on any atom is 0.437 e. The highest BCUT2D eigenvalue weighted by molar-refractivity contribution is 5.87. The molecule has 22 heavy (non-hydrogen) atoms. The van der Waals surface area contributed by atoms with Gasteiger partial charge in [0.25, 0.3) is 0 Å². The number of ether oxygens (including phenoxy) is 2. The van der Waals surface area contributed by atoms with Gasteiger partial charge in [0.1, 0.15) is 11.4 Å². The standard InChI is InChI=1S/C16H23N3O3/c1-6-7-8-21-12-9-13-11(2)18-19(14(13)17-10-12)15(20)22-16(3,4)5/h9-10H,6-8H2,1-5H3. The molecule has 2 aromatic rings. The smallest absolute Gasteiger partial charge is 0.437 e. The lowest BCUT2D eigenvalue weighted by atomic mass is 10.2. The first-order chi connectivity index (χ1) is 10.3. The number of carbonyl (C=O) groups excluding carboxylic acids is 1. The Morgan fingerprint density at radius 2 is 2.09 bits per heavy atom. The molecule has 2 aromatic heterocycles. The van der Waals surface area contributed by atoms with Gasteiger partial charge in [-0.25, -0.2) is 9.78 Å². The molecule has 0 aromatic carbocycles. The highest BCUT2D eigenvalue weighted by Crippen LogP contribution is 2.22. The van der Waals surface area contributed by atoms with Gasteiger partial charge in [-0.15, -0.1) is 4.68 Å². The molecule has 0 spiro atoms. The number of fused-ring (bicyclic) bond motifs is 1. The number of rotatable bonds is 4. The third kappa shape index (κ3) is 3.75. The van der Waals surface area contributed by atoms with Crippen LogP contribution in [-0.4, -0.2) is 33.1 Å². The molecule has 6 heteroatoms. The summed E-state index contributed by atoms with van der Waals surface area (Å²) in [4.78, 5) is 16.5. The summed E-state index contributed by atoms with van der Waals surface area (Å²) in [7, 11) is 0. The predicted octanol–water partition coefficient (Wildman–Crippen LogP) is 3.70. The lowest BCUT2D eigenvalue weighted by Gasteiger charge is -2.18. The van der Waals surface area contributed by atoms with E-state index >= 15 is 0 Å². The summed E-state index contributed by atoms with van der Waals surface area (Å²) in [6.45, 7) is 10.0. The average Bonchev–Trinajstić information content (AvgIpc) is 2.75. The van der Waals surface area contributed by atoms with E-state index in [0.29, 0.717) is 23.7 Å². The second-order valence-corrected chi connectivity index (χ2v) is 6.22. The van der Waals surface area contributed by atoms with E-state index in [2.05, 4.69) is 17.0 Å². The van der Waals surface area contributed by atoms with E-state index in [1.165, 1.54) is 4.68 Å². The fraction of sp³-hybridized carbons (Fsp3) is 0.562. The molecule has 0 fully saturated rings. The number of hydrogen-bond donors (Lipinski definition) is 0. The van der Waals surface area contributed by atoms with Crippen LogP contribution in [0.4, 0.5) is 4.79 Å². The van der Waals surface area contributed by atoms with Gasteiger partial charge in [0.05, 0.1) is 18.5 Å². The Hall–Kier alpha value is -2.11. The van der Waals surface area contributed by atoms with Gasteiger partial charge < -0.3 is 9.47 Å². The van der Waals surface area contributed by atoms with Crippen LogP contribution in [0.15, 0.2) is 12.3 Å². The number of hydrogen-bond acceptors (Lipinski definition) is 5. The Bertz CT molecular complexity index is 671. The number of pyridine rings is 1. The van der Waals surface area contributed by atoms with Crippen LogP contribution in [0.2, 0.25) is 0 Å². The van der Waals surface area contributed by atoms with Gasteiger partial charge in [0.15, 0.2) is 5.65 Å². The summed E-state index contributed by atoms with van der Waals surface area (Å²) in [5.41, 5.74) is 0.621. The lowest BCUT2D eigenvalue weighted by molar-refractivity contribution is 0.0521. The molecule has 0 aliphatic rings. The Labute approximate surface area is 130 Å². The van der Waals surface area contributed by atoms with E-state index in [0.717, 1.165) is 18.2 Å².